The Kier molecular flexibility index (Phi) is 8.93. The fourth-order valence-electron chi connectivity index (χ4n) is 3.89. The molecule has 0 unspecified atom stereocenters. The molecule has 0 radical (unpaired) electrons. The van der Waals surface area contributed by atoms with Crippen LogP contribution in [0, 0.1) is 5.92 Å². The van der Waals surface area contributed by atoms with Gasteiger partial charge in [0.25, 0.3) is 0 Å². The van der Waals surface area contributed by atoms with E-state index in [1.165, 1.54) is 5.56 Å². The summed E-state index contributed by atoms with van der Waals surface area (Å²) in [4.78, 5) is 14.7. The summed E-state index contributed by atoms with van der Waals surface area (Å²) in [5.41, 5.74) is 9.50. The van der Waals surface area contributed by atoms with Crippen LogP contribution in [-0.4, -0.2) is 44.1 Å². The molecular weight excluding hydrogens is 374 g/mol. The van der Waals surface area contributed by atoms with E-state index in [-0.39, 0.29) is 18.3 Å². The first-order valence-corrected chi connectivity index (χ1v) is 9.51. The number of nitrogens with two attached hydrogens (primary N) is 1. The highest BCUT2D eigenvalue weighted by Crippen LogP contribution is 2.31. The van der Waals surface area contributed by atoms with Crippen molar-refractivity contribution in [3.8, 4) is 0 Å². The van der Waals surface area contributed by atoms with Crippen molar-refractivity contribution >= 4 is 18.3 Å². The van der Waals surface area contributed by atoms with Gasteiger partial charge in [-0.25, -0.2) is 0 Å². The van der Waals surface area contributed by atoms with Crippen LogP contribution in [0.4, 0.5) is 0 Å². The Bertz CT molecular complexity index is 742. The Hall–Kier alpha value is -1.92. The van der Waals surface area contributed by atoms with Crippen LogP contribution in [0.1, 0.15) is 22.6 Å². The predicted molar refractivity (Wildman–Crippen MR) is 114 cm³/mol. The molecule has 0 aliphatic carbocycles. The van der Waals surface area contributed by atoms with E-state index in [2.05, 4.69) is 34.5 Å². The summed E-state index contributed by atoms with van der Waals surface area (Å²) in [6.45, 7) is 3.86. The maximum absolute atomic E-state index is 12.5. The molecule has 2 aromatic rings. The first-order valence-electron chi connectivity index (χ1n) is 9.51. The number of hydrogen-bond acceptors (Lipinski definition) is 4. The molecule has 6 heteroatoms. The second-order valence-electron chi connectivity index (χ2n) is 7.19. The van der Waals surface area contributed by atoms with E-state index in [4.69, 9.17) is 10.5 Å². The average Bonchev–Trinajstić information content (AvgIpc) is 3.11. The van der Waals surface area contributed by atoms with Crippen molar-refractivity contribution < 1.29 is 9.53 Å². The quantitative estimate of drug-likeness (QED) is 0.710. The van der Waals surface area contributed by atoms with E-state index in [9.17, 15) is 4.79 Å². The van der Waals surface area contributed by atoms with Crippen LogP contribution in [0.5, 0.6) is 0 Å². The number of amides is 1. The zero-order valence-corrected chi connectivity index (χ0v) is 17.2. The van der Waals surface area contributed by atoms with Gasteiger partial charge >= 0.3 is 0 Å². The highest BCUT2D eigenvalue weighted by atomic mass is 35.5. The number of methoxy groups -OCH3 is 1. The number of carbonyl (C=O) groups excluding carboxylic acids is 1. The lowest BCUT2D eigenvalue weighted by atomic mass is 9.89. The van der Waals surface area contributed by atoms with E-state index in [1.807, 2.05) is 30.3 Å². The molecule has 1 heterocycles. The minimum absolute atomic E-state index is 0. The third-order valence-electron chi connectivity index (χ3n) is 5.31. The van der Waals surface area contributed by atoms with Crippen LogP contribution in [0.15, 0.2) is 54.6 Å². The first-order chi connectivity index (χ1) is 13.2. The Morgan fingerprint density at radius 1 is 1.11 bits per heavy atom. The molecule has 0 aromatic heterocycles. The number of carbonyl (C=O) groups is 1. The highest BCUT2D eigenvalue weighted by Gasteiger charge is 2.33. The van der Waals surface area contributed by atoms with Crippen molar-refractivity contribution in [2.75, 3.05) is 33.3 Å². The molecule has 2 aromatic carbocycles. The predicted octanol–water partition coefficient (Wildman–Crippen LogP) is 2.55. The molecule has 1 amide bonds. The average molecular weight is 404 g/mol. The number of rotatable bonds is 8. The third kappa shape index (κ3) is 5.79. The smallest absolute Gasteiger partial charge is 0.234 e. The topological polar surface area (TPSA) is 67.6 Å². The second kappa shape index (κ2) is 11.2. The normalized spacial score (nSPS) is 19.2. The summed E-state index contributed by atoms with van der Waals surface area (Å²) in [5, 5.41) is 3.04. The van der Waals surface area contributed by atoms with Crippen molar-refractivity contribution in [1.82, 2.24) is 10.2 Å². The maximum Gasteiger partial charge on any atom is 0.234 e. The van der Waals surface area contributed by atoms with Crippen molar-refractivity contribution in [3.63, 3.8) is 0 Å². The van der Waals surface area contributed by atoms with Crippen LogP contribution in [0.3, 0.4) is 0 Å². The number of hydrogen-bond donors (Lipinski definition) is 2. The lowest BCUT2D eigenvalue weighted by Crippen LogP contribution is -2.36. The fraction of sp³-hybridized carbons (Fsp3) is 0.409. The molecule has 1 fully saturated rings. The molecule has 2 atom stereocenters. The molecule has 152 valence electrons. The Morgan fingerprint density at radius 2 is 1.79 bits per heavy atom. The number of ether oxygens (including phenoxy) is 1. The van der Waals surface area contributed by atoms with E-state index in [1.54, 1.807) is 7.11 Å². The number of nitrogens with zero attached hydrogens (tertiary/aromatic N) is 1. The SMILES string of the molecule is COCc1ccccc1CNC(=O)CN1C[C@@H](CN)[C@H](c2ccccc2)C1.Cl. The molecule has 5 nitrogen and oxygen atoms in total. The fourth-order valence-corrected chi connectivity index (χ4v) is 3.89. The molecule has 1 aliphatic heterocycles. The van der Waals surface area contributed by atoms with Gasteiger partial charge in [0.2, 0.25) is 5.91 Å². The molecule has 0 bridgehead atoms. The maximum atomic E-state index is 12.5. The van der Waals surface area contributed by atoms with Gasteiger partial charge in [0.15, 0.2) is 0 Å². The summed E-state index contributed by atoms with van der Waals surface area (Å²) >= 11 is 0. The van der Waals surface area contributed by atoms with E-state index in [0.717, 1.165) is 24.2 Å². The summed E-state index contributed by atoms with van der Waals surface area (Å²) in [7, 11) is 1.68. The summed E-state index contributed by atoms with van der Waals surface area (Å²) < 4.78 is 5.23. The molecular formula is C22H30ClN3O2. The van der Waals surface area contributed by atoms with Crippen LogP contribution in [0.25, 0.3) is 0 Å². The van der Waals surface area contributed by atoms with Gasteiger partial charge in [0.05, 0.1) is 13.2 Å². The third-order valence-corrected chi connectivity index (χ3v) is 5.31. The monoisotopic (exact) mass is 403 g/mol. The number of benzene rings is 2. The van der Waals surface area contributed by atoms with Gasteiger partial charge in [-0.1, -0.05) is 54.6 Å². The van der Waals surface area contributed by atoms with Crippen molar-refractivity contribution in [3.05, 3.63) is 71.3 Å². The lowest BCUT2D eigenvalue weighted by molar-refractivity contribution is -0.122. The van der Waals surface area contributed by atoms with E-state index in [0.29, 0.717) is 38.1 Å². The second-order valence-corrected chi connectivity index (χ2v) is 7.19. The van der Waals surface area contributed by atoms with E-state index >= 15 is 0 Å². The molecule has 3 rings (SSSR count). The molecule has 28 heavy (non-hydrogen) atoms. The van der Waals surface area contributed by atoms with Gasteiger partial charge in [-0.2, -0.15) is 0 Å². The zero-order valence-electron chi connectivity index (χ0n) is 16.3. The molecule has 1 saturated heterocycles. The minimum Gasteiger partial charge on any atom is -0.380 e. The Morgan fingerprint density at radius 3 is 2.46 bits per heavy atom. The summed E-state index contributed by atoms with van der Waals surface area (Å²) in [5.74, 6) is 0.834. The number of nitrogens with one attached hydrogen (secondary N) is 1. The minimum atomic E-state index is 0. The molecule has 0 saturated carbocycles. The van der Waals surface area contributed by atoms with Crippen molar-refractivity contribution in [1.29, 1.82) is 0 Å². The summed E-state index contributed by atoms with van der Waals surface area (Å²) in [6.07, 6.45) is 0. The van der Waals surface area contributed by atoms with Crippen LogP contribution in [-0.2, 0) is 22.7 Å². The Balaban J connectivity index is 0.00000280. The van der Waals surface area contributed by atoms with Crippen LogP contribution >= 0.6 is 12.4 Å². The van der Waals surface area contributed by atoms with Crippen LogP contribution in [0.2, 0.25) is 0 Å². The standard InChI is InChI=1S/C22H29N3O2.ClH/c1-27-16-19-10-6-5-9-18(19)12-24-22(26)15-25-13-20(11-23)21(14-25)17-7-3-2-4-8-17;/h2-10,20-21H,11-16,23H2,1H3,(H,24,26);1H/t20-,21+;/m1./s1. The largest absolute Gasteiger partial charge is 0.380 e. The highest BCUT2D eigenvalue weighted by molar-refractivity contribution is 5.85. The first kappa shape index (κ1) is 22.4. The lowest BCUT2D eigenvalue weighted by Gasteiger charge is -2.17. The summed E-state index contributed by atoms with van der Waals surface area (Å²) in [6, 6.07) is 18.5. The van der Waals surface area contributed by atoms with Gasteiger partial charge in [0.1, 0.15) is 0 Å². The Labute approximate surface area is 173 Å². The van der Waals surface area contributed by atoms with Gasteiger partial charge < -0.3 is 15.8 Å². The van der Waals surface area contributed by atoms with Gasteiger partial charge in [-0.05, 0) is 29.2 Å². The number of halogens is 1. The molecule has 0 spiro atoms. The number of likely N-dealkylation sites (tertiary alicyclic amines) is 1. The van der Waals surface area contributed by atoms with Gasteiger partial charge in [-0.3, -0.25) is 9.69 Å². The molecule has 3 N–H and O–H groups in total. The van der Waals surface area contributed by atoms with Crippen molar-refractivity contribution in [2.24, 2.45) is 11.7 Å². The van der Waals surface area contributed by atoms with E-state index < -0.39 is 0 Å². The molecule has 1 aliphatic rings. The van der Waals surface area contributed by atoms with Crippen molar-refractivity contribution in [2.45, 2.75) is 19.1 Å². The van der Waals surface area contributed by atoms with Crippen LogP contribution < -0.4 is 11.1 Å². The van der Waals surface area contributed by atoms with Gasteiger partial charge in [-0.15, -0.1) is 12.4 Å². The van der Waals surface area contributed by atoms with Gasteiger partial charge in [0, 0.05) is 32.7 Å². The zero-order chi connectivity index (χ0) is 19.1.